The van der Waals surface area contributed by atoms with E-state index in [-0.39, 0.29) is 18.3 Å². The Kier molecular flexibility index (Phi) is 5.75. The lowest BCUT2D eigenvalue weighted by molar-refractivity contribution is -0.152. The number of carboxylic acid groups (broad SMARTS) is 1. The molecule has 1 aromatic carbocycles. The summed E-state index contributed by atoms with van der Waals surface area (Å²) in [5.74, 6) is -1.19. The van der Waals surface area contributed by atoms with E-state index in [2.05, 4.69) is 5.32 Å². The van der Waals surface area contributed by atoms with E-state index in [1.807, 2.05) is 0 Å². The Morgan fingerprint density at radius 1 is 1.22 bits per heavy atom. The lowest BCUT2D eigenvalue weighted by Crippen LogP contribution is -2.49. The van der Waals surface area contributed by atoms with Crippen LogP contribution in [0, 0.1) is 0 Å². The van der Waals surface area contributed by atoms with Crippen LogP contribution in [-0.4, -0.2) is 47.0 Å². The molecule has 1 aromatic heterocycles. The van der Waals surface area contributed by atoms with Crippen LogP contribution in [0.2, 0.25) is 0 Å². The Bertz CT molecular complexity index is 817. The highest BCUT2D eigenvalue weighted by atomic mass is 16.5. The van der Waals surface area contributed by atoms with Crippen LogP contribution < -0.4 is 10.1 Å². The first-order chi connectivity index (χ1) is 13.0. The molecule has 2 heterocycles. The molecule has 0 aliphatic carbocycles. The molecule has 0 saturated carbocycles. The molecule has 2 N–H and O–H groups in total. The van der Waals surface area contributed by atoms with Crippen LogP contribution in [0.25, 0.3) is 0 Å². The van der Waals surface area contributed by atoms with Crippen LogP contribution in [0.1, 0.15) is 29.8 Å². The summed E-state index contributed by atoms with van der Waals surface area (Å²) in [6.45, 7) is 0.151. The Labute approximate surface area is 155 Å². The van der Waals surface area contributed by atoms with Gasteiger partial charge in [0.15, 0.2) is 12.4 Å². The van der Waals surface area contributed by atoms with Gasteiger partial charge in [0.25, 0.3) is 11.8 Å². The summed E-state index contributed by atoms with van der Waals surface area (Å²) in [6, 6.07) is 8.96. The summed E-state index contributed by atoms with van der Waals surface area (Å²) in [6.07, 6.45) is 3.43. The number of furan rings is 1. The maximum absolute atomic E-state index is 12.4. The molecular weight excluding hydrogens is 352 g/mol. The number of carboxylic acids is 1. The van der Waals surface area contributed by atoms with Crippen molar-refractivity contribution in [3.8, 4) is 5.75 Å². The van der Waals surface area contributed by atoms with Crippen molar-refractivity contribution >= 4 is 23.5 Å². The highest BCUT2D eigenvalue weighted by molar-refractivity contribution is 6.02. The van der Waals surface area contributed by atoms with Crippen molar-refractivity contribution in [1.29, 1.82) is 0 Å². The number of nitrogens with one attached hydrogen (secondary N) is 1. The van der Waals surface area contributed by atoms with Crippen LogP contribution in [0.4, 0.5) is 5.69 Å². The number of nitrogens with zero attached hydrogens (tertiary/aromatic N) is 1. The molecule has 142 valence electrons. The van der Waals surface area contributed by atoms with E-state index in [0.717, 1.165) is 12.8 Å². The molecule has 8 nitrogen and oxygen atoms in total. The summed E-state index contributed by atoms with van der Waals surface area (Å²) in [7, 11) is 0. The van der Waals surface area contributed by atoms with Crippen molar-refractivity contribution in [2.45, 2.75) is 25.3 Å². The standard InChI is InChI=1S/C19H20N2O6/c22-17(21-9-2-1-7-15(21)19(24)25)12-27-14-6-3-5-13(11-14)20-18(23)16-8-4-10-26-16/h3-6,8,10-11,15H,1-2,7,9,12H2,(H,20,23)(H,24,25). The highest BCUT2D eigenvalue weighted by Gasteiger charge is 2.31. The molecule has 1 fully saturated rings. The van der Waals surface area contributed by atoms with Crippen molar-refractivity contribution in [3.63, 3.8) is 0 Å². The van der Waals surface area contributed by atoms with Gasteiger partial charge in [-0.25, -0.2) is 4.79 Å². The van der Waals surface area contributed by atoms with Crippen LogP contribution in [0.5, 0.6) is 5.75 Å². The van der Waals surface area contributed by atoms with E-state index >= 15 is 0 Å². The molecule has 8 heteroatoms. The maximum atomic E-state index is 12.4. The third kappa shape index (κ3) is 4.66. The topological polar surface area (TPSA) is 109 Å². The van der Waals surface area contributed by atoms with Gasteiger partial charge in [-0.15, -0.1) is 0 Å². The van der Waals surface area contributed by atoms with Crippen LogP contribution in [-0.2, 0) is 9.59 Å². The summed E-state index contributed by atoms with van der Waals surface area (Å²) in [5.41, 5.74) is 0.489. The summed E-state index contributed by atoms with van der Waals surface area (Å²) in [4.78, 5) is 37.0. The molecule has 1 aliphatic heterocycles. The number of ether oxygens (including phenoxy) is 1. The number of hydrogen-bond donors (Lipinski definition) is 2. The van der Waals surface area contributed by atoms with Gasteiger partial charge in [-0.2, -0.15) is 0 Å². The van der Waals surface area contributed by atoms with Gasteiger partial charge in [-0.1, -0.05) is 6.07 Å². The number of carbonyl (C=O) groups is 3. The number of benzene rings is 1. The molecule has 3 rings (SSSR count). The molecule has 1 atom stereocenters. The van der Waals surface area contributed by atoms with Gasteiger partial charge >= 0.3 is 5.97 Å². The quantitative estimate of drug-likeness (QED) is 0.806. The van der Waals surface area contributed by atoms with E-state index in [4.69, 9.17) is 9.15 Å². The van der Waals surface area contributed by atoms with Crippen molar-refractivity contribution < 1.29 is 28.6 Å². The molecule has 1 saturated heterocycles. The lowest BCUT2D eigenvalue weighted by atomic mass is 10.0. The molecular formula is C19H20N2O6. The molecule has 2 aromatic rings. The predicted octanol–water partition coefficient (Wildman–Crippen LogP) is 2.38. The fourth-order valence-corrected chi connectivity index (χ4v) is 2.98. The highest BCUT2D eigenvalue weighted by Crippen LogP contribution is 2.20. The average molecular weight is 372 g/mol. The number of carbonyl (C=O) groups excluding carboxylic acids is 2. The van der Waals surface area contributed by atoms with E-state index in [9.17, 15) is 19.5 Å². The van der Waals surface area contributed by atoms with E-state index in [1.54, 1.807) is 36.4 Å². The minimum atomic E-state index is -0.995. The largest absolute Gasteiger partial charge is 0.484 e. The summed E-state index contributed by atoms with van der Waals surface area (Å²) < 4.78 is 10.5. The number of anilines is 1. The van der Waals surface area contributed by atoms with Gasteiger partial charge in [0, 0.05) is 18.3 Å². The van der Waals surface area contributed by atoms with Crippen LogP contribution >= 0.6 is 0 Å². The molecule has 1 unspecified atom stereocenters. The minimum Gasteiger partial charge on any atom is -0.484 e. The van der Waals surface area contributed by atoms with Crippen molar-refractivity contribution in [3.05, 3.63) is 48.4 Å². The zero-order valence-corrected chi connectivity index (χ0v) is 14.6. The zero-order chi connectivity index (χ0) is 19.2. The second-order valence-electron chi connectivity index (χ2n) is 6.18. The molecule has 0 bridgehead atoms. The molecule has 0 radical (unpaired) electrons. The lowest BCUT2D eigenvalue weighted by Gasteiger charge is -2.32. The number of piperidine rings is 1. The Morgan fingerprint density at radius 2 is 2.07 bits per heavy atom. The fourth-order valence-electron chi connectivity index (χ4n) is 2.98. The molecule has 2 amide bonds. The minimum absolute atomic E-state index is 0.182. The normalized spacial score (nSPS) is 16.6. The Morgan fingerprint density at radius 3 is 2.81 bits per heavy atom. The van der Waals surface area contributed by atoms with Gasteiger partial charge in [0.2, 0.25) is 0 Å². The second kappa shape index (κ2) is 8.39. The van der Waals surface area contributed by atoms with E-state index in [1.165, 1.54) is 11.2 Å². The van der Waals surface area contributed by atoms with Gasteiger partial charge in [0.05, 0.1) is 6.26 Å². The summed E-state index contributed by atoms with van der Waals surface area (Å²) in [5, 5.41) is 11.9. The molecule has 0 spiro atoms. The van der Waals surface area contributed by atoms with Crippen molar-refractivity contribution in [1.82, 2.24) is 4.90 Å². The zero-order valence-electron chi connectivity index (χ0n) is 14.6. The van der Waals surface area contributed by atoms with Crippen molar-refractivity contribution in [2.24, 2.45) is 0 Å². The second-order valence-corrected chi connectivity index (χ2v) is 6.18. The van der Waals surface area contributed by atoms with E-state index in [0.29, 0.717) is 24.4 Å². The monoisotopic (exact) mass is 372 g/mol. The summed E-state index contributed by atoms with van der Waals surface area (Å²) >= 11 is 0. The van der Waals surface area contributed by atoms with Crippen LogP contribution in [0.3, 0.4) is 0 Å². The number of aliphatic carboxylic acids is 1. The number of rotatable bonds is 6. The smallest absolute Gasteiger partial charge is 0.326 e. The first-order valence-corrected chi connectivity index (χ1v) is 8.64. The fraction of sp³-hybridized carbons (Fsp3) is 0.316. The third-order valence-electron chi connectivity index (χ3n) is 4.31. The number of hydrogen-bond acceptors (Lipinski definition) is 5. The van der Waals surface area contributed by atoms with Crippen LogP contribution in [0.15, 0.2) is 47.1 Å². The maximum Gasteiger partial charge on any atom is 0.326 e. The first-order valence-electron chi connectivity index (χ1n) is 8.64. The first kappa shape index (κ1) is 18.5. The third-order valence-corrected chi connectivity index (χ3v) is 4.31. The average Bonchev–Trinajstić information content (AvgIpc) is 3.21. The van der Waals surface area contributed by atoms with Gasteiger partial charge in [0.1, 0.15) is 11.8 Å². The Hall–Kier alpha value is -3.29. The molecule has 1 aliphatic rings. The Balaban J connectivity index is 1.58. The number of likely N-dealkylation sites (tertiary alicyclic amines) is 1. The van der Waals surface area contributed by atoms with Gasteiger partial charge in [-0.3, -0.25) is 9.59 Å². The number of amides is 2. The van der Waals surface area contributed by atoms with Gasteiger partial charge < -0.3 is 24.5 Å². The van der Waals surface area contributed by atoms with Crippen molar-refractivity contribution in [2.75, 3.05) is 18.5 Å². The van der Waals surface area contributed by atoms with E-state index < -0.39 is 17.9 Å². The molecule has 27 heavy (non-hydrogen) atoms. The SMILES string of the molecule is O=C(Nc1cccc(OCC(=O)N2CCCCC2C(=O)O)c1)c1ccco1. The van der Waals surface area contributed by atoms with Gasteiger partial charge in [-0.05, 0) is 43.5 Å². The predicted molar refractivity (Wildman–Crippen MR) is 95.6 cm³/mol.